The lowest BCUT2D eigenvalue weighted by atomic mass is 9.77. The maximum absolute atomic E-state index is 13.9. The molecule has 0 aromatic heterocycles. The SMILES string of the molecule is CCCC1CCC(c2ccc(C=CC(F)(F)C(F)(F)C(F)(F)C(F)(F)C(F)(F)C(F)(F)F)cc2)CC1. The second kappa shape index (κ2) is 10.1. The van der Waals surface area contributed by atoms with Crippen LogP contribution in [0.2, 0.25) is 0 Å². The van der Waals surface area contributed by atoms with Crippen LogP contribution in [0.15, 0.2) is 30.3 Å². The first-order valence-corrected chi connectivity index (χ1v) is 11.0. The molecule has 0 aliphatic heterocycles. The smallest absolute Gasteiger partial charge is 0.195 e. The van der Waals surface area contributed by atoms with Gasteiger partial charge in [0.25, 0.3) is 0 Å². The van der Waals surface area contributed by atoms with Crippen LogP contribution in [0.5, 0.6) is 0 Å². The van der Waals surface area contributed by atoms with Gasteiger partial charge < -0.3 is 0 Å². The quantitative estimate of drug-likeness (QED) is 0.271. The highest BCUT2D eigenvalue weighted by Crippen LogP contribution is 2.60. The minimum atomic E-state index is -7.89. The summed E-state index contributed by atoms with van der Waals surface area (Å²) in [5.74, 6) is -36.2. The zero-order valence-electron chi connectivity index (χ0n) is 18.8. The lowest BCUT2D eigenvalue weighted by Crippen LogP contribution is -2.69. The van der Waals surface area contributed by atoms with Crippen LogP contribution in [0, 0.1) is 5.92 Å². The molecule has 0 saturated heterocycles. The molecule has 2 rings (SSSR count). The first kappa shape index (κ1) is 30.3. The normalized spacial score (nSPS) is 21.3. The molecule has 0 N–H and O–H groups in total. The Balaban J connectivity index is 2.22. The van der Waals surface area contributed by atoms with Crippen LogP contribution in [0.4, 0.5) is 57.1 Å². The molecule has 0 radical (unpaired) electrons. The summed E-state index contributed by atoms with van der Waals surface area (Å²) in [6.07, 6.45) is -2.38. The van der Waals surface area contributed by atoms with Crippen molar-refractivity contribution in [1.29, 1.82) is 0 Å². The van der Waals surface area contributed by atoms with E-state index in [0.717, 1.165) is 44.1 Å². The highest BCUT2D eigenvalue weighted by molar-refractivity contribution is 5.51. The van der Waals surface area contributed by atoms with Gasteiger partial charge in [-0.3, -0.25) is 0 Å². The van der Waals surface area contributed by atoms with Gasteiger partial charge in [0.2, 0.25) is 0 Å². The Morgan fingerprint density at radius 2 is 1.14 bits per heavy atom. The van der Waals surface area contributed by atoms with Crippen LogP contribution < -0.4 is 0 Å². The van der Waals surface area contributed by atoms with Crippen LogP contribution in [-0.2, 0) is 0 Å². The fourth-order valence-corrected chi connectivity index (χ4v) is 4.16. The number of hydrogen-bond donors (Lipinski definition) is 0. The zero-order valence-corrected chi connectivity index (χ0v) is 18.8. The Bertz CT molecular complexity index is 890. The molecule has 0 atom stereocenters. The van der Waals surface area contributed by atoms with Crippen molar-refractivity contribution in [2.24, 2.45) is 5.92 Å². The number of hydrogen-bond acceptors (Lipinski definition) is 0. The molecule has 1 aromatic rings. The fraction of sp³-hybridized carbons (Fsp3) is 0.652. The lowest BCUT2D eigenvalue weighted by Gasteiger charge is -2.39. The highest BCUT2D eigenvalue weighted by Gasteiger charge is 2.90. The van der Waals surface area contributed by atoms with E-state index in [9.17, 15) is 57.1 Å². The highest BCUT2D eigenvalue weighted by atomic mass is 19.4. The predicted molar refractivity (Wildman–Crippen MR) is 106 cm³/mol. The van der Waals surface area contributed by atoms with E-state index in [0.29, 0.717) is 5.92 Å². The van der Waals surface area contributed by atoms with Crippen LogP contribution in [-0.4, -0.2) is 35.8 Å². The Morgan fingerprint density at radius 3 is 1.58 bits per heavy atom. The minimum absolute atomic E-state index is 0.151. The van der Waals surface area contributed by atoms with E-state index in [2.05, 4.69) is 6.92 Å². The molecule has 1 aliphatic rings. The van der Waals surface area contributed by atoms with Gasteiger partial charge >= 0.3 is 35.8 Å². The van der Waals surface area contributed by atoms with E-state index >= 15 is 0 Å². The molecule has 206 valence electrons. The molecular weight excluding hydrogens is 523 g/mol. The Kier molecular flexibility index (Phi) is 8.47. The number of benzene rings is 1. The number of allylic oxidation sites excluding steroid dienone is 1. The summed E-state index contributed by atoms with van der Waals surface area (Å²) >= 11 is 0. The Hall–Kier alpha value is -1.95. The largest absolute Gasteiger partial charge is 0.460 e. The monoisotopic (exact) mass is 546 g/mol. The van der Waals surface area contributed by atoms with Gasteiger partial charge in [0.1, 0.15) is 0 Å². The van der Waals surface area contributed by atoms with Gasteiger partial charge in [-0.05, 0) is 54.7 Å². The van der Waals surface area contributed by atoms with E-state index in [1.807, 2.05) is 0 Å². The van der Waals surface area contributed by atoms with Gasteiger partial charge in [-0.25, -0.2) is 0 Å². The van der Waals surface area contributed by atoms with Gasteiger partial charge in [0.05, 0.1) is 0 Å². The summed E-state index contributed by atoms with van der Waals surface area (Å²) in [6.45, 7) is 2.07. The van der Waals surface area contributed by atoms with Gasteiger partial charge in [-0.15, -0.1) is 0 Å². The van der Waals surface area contributed by atoms with Gasteiger partial charge in [0.15, 0.2) is 0 Å². The standard InChI is InChI=1S/C23H23F13/c1-2-3-14-4-8-16(9-5-14)17-10-6-15(7-11-17)12-13-18(24,25)19(26,27)20(28,29)21(30,31)22(32,33)23(34,35)36/h6-7,10-14,16H,2-5,8-9H2,1H3. The van der Waals surface area contributed by atoms with Crippen LogP contribution in [0.3, 0.4) is 0 Å². The number of alkyl halides is 13. The van der Waals surface area contributed by atoms with Crippen molar-refractivity contribution in [2.45, 2.75) is 87.2 Å². The van der Waals surface area contributed by atoms with Crippen molar-refractivity contribution in [3.8, 4) is 0 Å². The van der Waals surface area contributed by atoms with Crippen molar-refractivity contribution in [3.63, 3.8) is 0 Å². The van der Waals surface area contributed by atoms with E-state index in [4.69, 9.17) is 0 Å². The van der Waals surface area contributed by atoms with E-state index in [-0.39, 0.29) is 17.6 Å². The molecule has 1 aromatic carbocycles. The van der Waals surface area contributed by atoms with E-state index in [1.165, 1.54) is 24.3 Å². The maximum Gasteiger partial charge on any atom is 0.460 e. The Labute approximate surface area is 198 Å². The summed E-state index contributed by atoms with van der Waals surface area (Å²) < 4.78 is 171. The molecule has 0 unspecified atom stereocenters. The molecule has 0 amide bonds. The molecule has 13 heteroatoms. The van der Waals surface area contributed by atoms with Crippen molar-refractivity contribution < 1.29 is 57.1 Å². The van der Waals surface area contributed by atoms with Crippen molar-refractivity contribution >= 4 is 6.08 Å². The topological polar surface area (TPSA) is 0 Å². The third-order valence-electron chi connectivity index (χ3n) is 6.39. The second-order valence-electron chi connectivity index (χ2n) is 8.92. The Morgan fingerprint density at radius 1 is 0.667 bits per heavy atom. The summed E-state index contributed by atoms with van der Waals surface area (Å²) in [5, 5.41) is 0. The van der Waals surface area contributed by atoms with E-state index < -0.39 is 41.9 Å². The third kappa shape index (κ3) is 5.34. The van der Waals surface area contributed by atoms with Crippen LogP contribution in [0.25, 0.3) is 6.08 Å². The molecule has 36 heavy (non-hydrogen) atoms. The fourth-order valence-electron chi connectivity index (χ4n) is 4.16. The maximum atomic E-state index is 13.9. The summed E-state index contributed by atoms with van der Waals surface area (Å²) in [6, 6.07) is 5.30. The molecule has 1 aliphatic carbocycles. The average Bonchev–Trinajstić information content (AvgIpc) is 2.77. The molecular formula is C23H23F13. The van der Waals surface area contributed by atoms with Crippen molar-refractivity contribution in [3.05, 3.63) is 41.5 Å². The zero-order chi connectivity index (χ0) is 27.8. The molecule has 0 nitrogen and oxygen atoms in total. The molecule has 0 bridgehead atoms. The van der Waals surface area contributed by atoms with Crippen molar-refractivity contribution in [2.75, 3.05) is 0 Å². The minimum Gasteiger partial charge on any atom is -0.195 e. The summed E-state index contributed by atoms with van der Waals surface area (Å²) in [4.78, 5) is 0. The predicted octanol–water partition coefficient (Wildman–Crippen LogP) is 9.51. The second-order valence-corrected chi connectivity index (χ2v) is 8.92. The molecule has 0 spiro atoms. The first-order chi connectivity index (χ1) is 16.2. The van der Waals surface area contributed by atoms with Crippen molar-refractivity contribution in [1.82, 2.24) is 0 Å². The van der Waals surface area contributed by atoms with Gasteiger partial charge in [0, 0.05) is 0 Å². The molecule has 0 heterocycles. The van der Waals surface area contributed by atoms with E-state index in [1.54, 1.807) is 0 Å². The number of halogens is 13. The van der Waals surface area contributed by atoms with Gasteiger partial charge in [-0.2, -0.15) is 57.1 Å². The molecule has 1 saturated carbocycles. The summed E-state index contributed by atoms with van der Waals surface area (Å²) in [5.41, 5.74) is 0.560. The van der Waals surface area contributed by atoms with Gasteiger partial charge in [-0.1, -0.05) is 50.1 Å². The average molecular weight is 546 g/mol. The van der Waals surface area contributed by atoms with Crippen LogP contribution >= 0.6 is 0 Å². The summed E-state index contributed by atoms with van der Waals surface area (Å²) in [7, 11) is 0. The third-order valence-corrected chi connectivity index (χ3v) is 6.39. The molecule has 1 fully saturated rings. The number of rotatable bonds is 9. The lowest BCUT2D eigenvalue weighted by molar-refractivity contribution is -0.436. The van der Waals surface area contributed by atoms with Crippen LogP contribution in [0.1, 0.15) is 62.5 Å². The first-order valence-electron chi connectivity index (χ1n) is 11.0.